The maximum Gasteiger partial charge on any atom is 0.251 e. The highest BCUT2D eigenvalue weighted by Gasteiger charge is 2.11. The van der Waals surface area contributed by atoms with Gasteiger partial charge >= 0.3 is 0 Å². The minimum absolute atomic E-state index is 0.106. The summed E-state index contributed by atoms with van der Waals surface area (Å²) in [5, 5.41) is 6.92. The van der Waals surface area contributed by atoms with E-state index in [1.54, 1.807) is 37.0 Å². The van der Waals surface area contributed by atoms with Gasteiger partial charge in [0.25, 0.3) is 5.91 Å². The first kappa shape index (κ1) is 19.0. The van der Waals surface area contributed by atoms with Gasteiger partial charge in [0.05, 0.1) is 21.7 Å². The highest BCUT2D eigenvalue weighted by atomic mass is 32.1. The van der Waals surface area contributed by atoms with E-state index in [4.69, 9.17) is 0 Å². The van der Waals surface area contributed by atoms with Crippen LogP contribution < -0.4 is 10.6 Å². The van der Waals surface area contributed by atoms with Crippen molar-refractivity contribution in [3.05, 3.63) is 71.0 Å². The van der Waals surface area contributed by atoms with Gasteiger partial charge in [0.2, 0.25) is 0 Å². The number of carbonyl (C=O) groups is 1. The van der Waals surface area contributed by atoms with E-state index in [-0.39, 0.29) is 5.91 Å². The normalized spacial score (nSPS) is 10.8. The Morgan fingerprint density at radius 3 is 2.79 bits per heavy atom. The summed E-state index contributed by atoms with van der Waals surface area (Å²) in [6.45, 7) is 2.78. The highest BCUT2D eigenvalue weighted by Crippen LogP contribution is 2.27. The van der Waals surface area contributed by atoms with E-state index in [1.807, 2.05) is 24.3 Å². The monoisotopic (exact) mass is 403 g/mol. The van der Waals surface area contributed by atoms with Crippen molar-refractivity contribution in [2.45, 2.75) is 13.3 Å². The van der Waals surface area contributed by atoms with Crippen molar-refractivity contribution in [1.29, 1.82) is 0 Å². The van der Waals surface area contributed by atoms with Crippen LogP contribution in [0.3, 0.4) is 0 Å². The molecule has 0 aliphatic heterocycles. The zero-order valence-corrected chi connectivity index (χ0v) is 17.1. The molecule has 0 saturated heterocycles. The molecule has 3 aromatic heterocycles. The summed E-state index contributed by atoms with van der Waals surface area (Å²) in [5.41, 5.74) is 3.50. The van der Waals surface area contributed by atoms with Crippen LogP contribution in [-0.4, -0.2) is 34.5 Å². The van der Waals surface area contributed by atoms with Gasteiger partial charge in [-0.25, -0.2) is 9.97 Å². The zero-order chi connectivity index (χ0) is 20.2. The van der Waals surface area contributed by atoms with Gasteiger partial charge in [0.1, 0.15) is 12.1 Å². The number of benzene rings is 1. The summed E-state index contributed by atoms with van der Waals surface area (Å²) < 4.78 is 0. The number of hydrogen-bond acceptors (Lipinski definition) is 6. The van der Waals surface area contributed by atoms with Gasteiger partial charge in [0.15, 0.2) is 0 Å². The van der Waals surface area contributed by atoms with Crippen LogP contribution in [0.1, 0.15) is 20.8 Å². The van der Waals surface area contributed by atoms with E-state index in [0.29, 0.717) is 12.1 Å². The predicted molar refractivity (Wildman–Crippen MR) is 117 cm³/mol. The van der Waals surface area contributed by atoms with E-state index in [1.165, 1.54) is 4.88 Å². The molecule has 0 fully saturated rings. The minimum Gasteiger partial charge on any atom is -0.370 e. The maximum absolute atomic E-state index is 12.1. The number of para-hydroxylation sites is 1. The van der Waals surface area contributed by atoms with Crippen LogP contribution in [0.25, 0.3) is 21.5 Å². The first-order valence-electron chi connectivity index (χ1n) is 9.37. The molecule has 0 radical (unpaired) electrons. The molecule has 0 aliphatic rings. The van der Waals surface area contributed by atoms with Crippen LogP contribution in [-0.2, 0) is 6.42 Å². The van der Waals surface area contributed by atoms with Crippen molar-refractivity contribution in [2.24, 2.45) is 0 Å². The number of fused-ring (bicyclic) bond motifs is 1. The summed E-state index contributed by atoms with van der Waals surface area (Å²) >= 11 is 1.72. The average Bonchev–Trinajstić information content (AvgIpc) is 3.19. The lowest BCUT2D eigenvalue weighted by Crippen LogP contribution is -2.18. The molecule has 7 heteroatoms. The number of carbonyl (C=O) groups excluding carboxylic acids is 1. The molecular weight excluding hydrogens is 382 g/mol. The van der Waals surface area contributed by atoms with Gasteiger partial charge in [-0.15, -0.1) is 11.3 Å². The Labute approximate surface area is 173 Å². The molecule has 0 aliphatic carbocycles. The van der Waals surface area contributed by atoms with Crippen molar-refractivity contribution in [1.82, 2.24) is 20.3 Å². The van der Waals surface area contributed by atoms with E-state index in [9.17, 15) is 4.79 Å². The Morgan fingerprint density at radius 2 is 2.00 bits per heavy atom. The summed E-state index contributed by atoms with van der Waals surface area (Å²) in [7, 11) is 1.63. The lowest BCUT2D eigenvalue weighted by molar-refractivity contribution is 0.0964. The molecule has 1 amide bonds. The van der Waals surface area contributed by atoms with Crippen LogP contribution in [0.5, 0.6) is 0 Å². The van der Waals surface area contributed by atoms with Gasteiger partial charge in [-0.05, 0) is 37.1 Å². The standard InChI is InChI=1S/C22H21N5OS/c1-14-6-7-19(29-14)18-12-20(27-13-26-18)24-10-8-15-4-3-5-16-17(22(28)23-2)9-11-25-21(15)16/h3-7,9,11-13H,8,10H2,1-2H3,(H,23,28)(H,24,26,27). The van der Waals surface area contributed by atoms with Crippen molar-refractivity contribution < 1.29 is 4.79 Å². The van der Waals surface area contributed by atoms with Crippen LogP contribution in [0, 0.1) is 6.92 Å². The SMILES string of the molecule is CNC(=O)c1ccnc2c(CCNc3cc(-c4ccc(C)s4)ncn3)cccc12. The second kappa shape index (κ2) is 8.36. The first-order valence-corrected chi connectivity index (χ1v) is 10.2. The van der Waals surface area contributed by atoms with Crippen LogP contribution in [0.15, 0.2) is 55.0 Å². The van der Waals surface area contributed by atoms with E-state index < -0.39 is 0 Å². The number of pyridine rings is 1. The van der Waals surface area contributed by atoms with E-state index in [0.717, 1.165) is 39.3 Å². The molecule has 29 heavy (non-hydrogen) atoms. The van der Waals surface area contributed by atoms with Gasteiger partial charge in [-0.1, -0.05) is 18.2 Å². The largest absolute Gasteiger partial charge is 0.370 e. The van der Waals surface area contributed by atoms with Crippen LogP contribution >= 0.6 is 11.3 Å². The van der Waals surface area contributed by atoms with Gasteiger partial charge in [-0.3, -0.25) is 9.78 Å². The summed E-state index contributed by atoms with van der Waals surface area (Å²) in [4.78, 5) is 27.7. The third kappa shape index (κ3) is 4.09. The van der Waals surface area contributed by atoms with Crippen molar-refractivity contribution in [3.63, 3.8) is 0 Å². The Hall–Kier alpha value is -3.32. The molecule has 6 nitrogen and oxygen atoms in total. The number of thiophene rings is 1. The first-order chi connectivity index (χ1) is 14.2. The quantitative estimate of drug-likeness (QED) is 0.507. The van der Waals surface area contributed by atoms with E-state index in [2.05, 4.69) is 44.6 Å². The van der Waals surface area contributed by atoms with Crippen LogP contribution in [0.2, 0.25) is 0 Å². The van der Waals surface area contributed by atoms with Gasteiger partial charge in [0, 0.05) is 36.1 Å². The highest BCUT2D eigenvalue weighted by molar-refractivity contribution is 7.15. The number of aromatic nitrogens is 3. The van der Waals surface area contributed by atoms with Crippen molar-refractivity contribution in [2.75, 3.05) is 18.9 Å². The maximum atomic E-state index is 12.1. The fraction of sp³-hybridized carbons (Fsp3) is 0.182. The lowest BCUT2D eigenvalue weighted by atomic mass is 10.0. The molecule has 0 saturated carbocycles. The Kier molecular flexibility index (Phi) is 5.48. The smallest absolute Gasteiger partial charge is 0.251 e. The summed E-state index contributed by atoms with van der Waals surface area (Å²) in [6, 6.07) is 13.8. The third-order valence-electron chi connectivity index (χ3n) is 4.69. The second-order valence-electron chi connectivity index (χ2n) is 6.63. The van der Waals surface area contributed by atoms with Gasteiger partial charge in [-0.2, -0.15) is 0 Å². The average molecular weight is 404 g/mol. The number of aryl methyl sites for hydroxylation is 1. The molecule has 0 unspecified atom stereocenters. The molecule has 3 heterocycles. The summed E-state index contributed by atoms with van der Waals surface area (Å²) in [6.07, 6.45) is 4.03. The number of nitrogens with one attached hydrogen (secondary N) is 2. The van der Waals surface area contributed by atoms with Gasteiger partial charge < -0.3 is 10.6 Å². The van der Waals surface area contributed by atoms with Crippen molar-refractivity contribution >= 4 is 34.0 Å². The topological polar surface area (TPSA) is 79.8 Å². The number of anilines is 1. The molecule has 1 aromatic carbocycles. The zero-order valence-electron chi connectivity index (χ0n) is 16.3. The third-order valence-corrected chi connectivity index (χ3v) is 5.71. The van der Waals surface area contributed by atoms with E-state index >= 15 is 0 Å². The number of hydrogen-bond donors (Lipinski definition) is 2. The Balaban J connectivity index is 1.50. The Morgan fingerprint density at radius 1 is 1.10 bits per heavy atom. The second-order valence-corrected chi connectivity index (χ2v) is 7.91. The minimum atomic E-state index is -0.106. The fourth-order valence-corrected chi connectivity index (χ4v) is 4.09. The predicted octanol–water partition coefficient (Wildman–Crippen LogP) is 4.08. The number of rotatable bonds is 6. The molecule has 0 atom stereocenters. The molecule has 2 N–H and O–H groups in total. The Bertz CT molecular complexity index is 1170. The molecule has 0 spiro atoms. The molecular formula is C22H21N5OS. The number of nitrogens with zero attached hydrogens (tertiary/aromatic N) is 3. The lowest BCUT2D eigenvalue weighted by Gasteiger charge is -2.10. The van der Waals surface area contributed by atoms with Crippen LogP contribution in [0.4, 0.5) is 5.82 Å². The molecule has 146 valence electrons. The number of amides is 1. The summed E-state index contributed by atoms with van der Waals surface area (Å²) in [5.74, 6) is 0.685. The molecule has 0 bridgehead atoms. The fourth-order valence-electron chi connectivity index (χ4n) is 3.26. The molecule has 4 rings (SSSR count). The molecule has 4 aromatic rings. The van der Waals surface area contributed by atoms with Crippen molar-refractivity contribution in [3.8, 4) is 10.6 Å².